The Hall–Kier alpha value is -3.93. The summed E-state index contributed by atoms with van der Waals surface area (Å²) in [4.78, 5) is 19.0. The molecule has 2 aromatic heterocycles. The van der Waals surface area contributed by atoms with E-state index in [0.717, 1.165) is 28.2 Å². The number of amides is 2. The number of rotatable bonds is 5. The van der Waals surface area contributed by atoms with Crippen LogP contribution in [0.1, 0.15) is 5.56 Å². The van der Waals surface area contributed by atoms with E-state index in [2.05, 4.69) is 15.4 Å². The fraction of sp³-hybridized carbons (Fsp3) is 0.0870. The van der Waals surface area contributed by atoms with Gasteiger partial charge in [-0.15, -0.1) is 0 Å². The minimum atomic E-state index is -0.201. The first-order valence-corrected chi connectivity index (χ1v) is 9.33. The molecule has 0 atom stereocenters. The number of hydrogen-bond donors (Lipinski definition) is 1. The van der Waals surface area contributed by atoms with Crippen LogP contribution in [0.25, 0.3) is 11.3 Å². The summed E-state index contributed by atoms with van der Waals surface area (Å²) in [6.07, 6.45) is 5.31. The third-order valence-corrected chi connectivity index (χ3v) is 4.59. The zero-order valence-corrected chi connectivity index (χ0v) is 16.1. The maximum absolute atomic E-state index is 13.1. The Bertz CT molecular complexity index is 1050. The van der Waals surface area contributed by atoms with E-state index in [9.17, 15) is 4.79 Å². The van der Waals surface area contributed by atoms with Crippen LogP contribution in [0.5, 0.6) is 0 Å². The third-order valence-electron chi connectivity index (χ3n) is 4.59. The standard InChI is InChI=1S/C23H21N5O/c1-27-22(12-13-26-27)19-14-18(15-24-17-19)16-25-23(29)28(20-8-4-2-5-9-20)21-10-6-3-7-11-21/h2-15,17H,16H2,1H3,(H,25,29). The number of aryl methyl sites for hydroxylation is 1. The van der Waals surface area contributed by atoms with E-state index < -0.39 is 0 Å². The number of carbonyl (C=O) groups excluding carboxylic acids is 1. The van der Waals surface area contributed by atoms with Crippen molar-refractivity contribution in [3.8, 4) is 11.3 Å². The van der Waals surface area contributed by atoms with Crippen molar-refractivity contribution < 1.29 is 4.79 Å². The molecule has 0 aliphatic heterocycles. The first-order chi connectivity index (χ1) is 14.2. The van der Waals surface area contributed by atoms with Crippen LogP contribution < -0.4 is 10.2 Å². The lowest BCUT2D eigenvalue weighted by Gasteiger charge is -2.23. The van der Waals surface area contributed by atoms with Gasteiger partial charge in [0.2, 0.25) is 0 Å². The lowest BCUT2D eigenvalue weighted by Crippen LogP contribution is -2.36. The molecule has 29 heavy (non-hydrogen) atoms. The first-order valence-electron chi connectivity index (χ1n) is 9.33. The van der Waals surface area contributed by atoms with Crippen LogP contribution in [0.2, 0.25) is 0 Å². The average Bonchev–Trinajstić information content (AvgIpc) is 3.20. The first kappa shape index (κ1) is 18.4. The van der Waals surface area contributed by atoms with Gasteiger partial charge in [0.25, 0.3) is 0 Å². The highest BCUT2D eigenvalue weighted by Gasteiger charge is 2.17. The topological polar surface area (TPSA) is 63.1 Å². The summed E-state index contributed by atoms with van der Waals surface area (Å²) in [5.74, 6) is 0. The molecule has 0 fully saturated rings. The van der Waals surface area contributed by atoms with Crippen LogP contribution in [0.4, 0.5) is 16.2 Å². The molecule has 0 spiro atoms. The molecule has 4 rings (SSSR count). The Morgan fingerprint density at radius 2 is 1.62 bits per heavy atom. The van der Waals surface area contributed by atoms with Crippen molar-refractivity contribution in [1.82, 2.24) is 20.1 Å². The maximum Gasteiger partial charge on any atom is 0.326 e. The van der Waals surface area contributed by atoms with E-state index in [1.54, 1.807) is 28.2 Å². The molecule has 0 unspecified atom stereocenters. The summed E-state index contributed by atoms with van der Waals surface area (Å²) in [5.41, 5.74) is 4.45. The fourth-order valence-corrected chi connectivity index (χ4v) is 3.18. The van der Waals surface area contributed by atoms with Gasteiger partial charge < -0.3 is 5.32 Å². The molecule has 0 saturated carbocycles. The minimum Gasteiger partial charge on any atom is -0.333 e. The van der Waals surface area contributed by atoms with E-state index in [1.807, 2.05) is 79.8 Å². The van der Waals surface area contributed by atoms with E-state index in [0.29, 0.717) is 6.54 Å². The Morgan fingerprint density at radius 1 is 0.966 bits per heavy atom. The molecular formula is C23H21N5O. The SMILES string of the molecule is Cn1nccc1-c1cncc(CNC(=O)N(c2ccccc2)c2ccccc2)c1. The number of para-hydroxylation sites is 2. The average molecular weight is 383 g/mol. The number of carbonyl (C=O) groups is 1. The molecule has 0 aliphatic rings. The normalized spacial score (nSPS) is 10.5. The van der Waals surface area contributed by atoms with Gasteiger partial charge in [-0.2, -0.15) is 5.10 Å². The summed E-state index contributed by atoms with van der Waals surface area (Å²) in [6, 6.07) is 22.9. The fourth-order valence-electron chi connectivity index (χ4n) is 3.18. The van der Waals surface area contributed by atoms with Crippen molar-refractivity contribution in [2.45, 2.75) is 6.54 Å². The lowest BCUT2D eigenvalue weighted by atomic mass is 10.1. The molecule has 2 amide bonds. The van der Waals surface area contributed by atoms with Crippen LogP contribution in [0.3, 0.4) is 0 Å². The highest BCUT2D eigenvalue weighted by atomic mass is 16.2. The molecule has 0 bridgehead atoms. The Labute approximate surface area is 169 Å². The van der Waals surface area contributed by atoms with Gasteiger partial charge in [-0.05, 0) is 42.0 Å². The highest BCUT2D eigenvalue weighted by Crippen LogP contribution is 2.25. The highest BCUT2D eigenvalue weighted by molar-refractivity contribution is 5.99. The molecule has 6 nitrogen and oxygen atoms in total. The number of pyridine rings is 1. The molecule has 0 aliphatic carbocycles. The Morgan fingerprint density at radius 3 is 2.21 bits per heavy atom. The summed E-state index contributed by atoms with van der Waals surface area (Å²) in [5, 5.41) is 7.21. The van der Waals surface area contributed by atoms with Gasteiger partial charge in [0.1, 0.15) is 0 Å². The molecule has 0 radical (unpaired) electrons. The zero-order chi connectivity index (χ0) is 20.1. The quantitative estimate of drug-likeness (QED) is 0.551. The van der Waals surface area contributed by atoms with E-state index in [4.69, 9.17) is 0 Å². The van der Waals surface area contributed by atoms with Crippen molar-refractivity contribution in [3.05, 3.63) is 97.0 Å². The number of benzene rings is 2. The lowest BCUT2D eigenvalue weighted by molar-refractivity contribution is 0.248. The van der Waals surface area contributed by atoms with Crippen molar-refractivity contribution in [3.63, 3.8) is 0 Å². The predicted molar refractivity (Wildman–Crippen MR) is 114 cm³/mol. The number of anilines is 2. The number of nitrogens with one attached hydrogen (secondary N) is 1. The number of urea groups is 1. The number of hydrogen-bond acceptors (Lipinski definition) is 3. The molecular weight excluding hydrogens is 362 g/mol. The summed E-state index contributed by atoms with van der Waals surface area (Å²) < 4.78 is 1.80. The minimum absolute atomic E-state index is 0.201. The van der Waals surface area contributed by atoms with E-state index >= 15 is 0 Å². The van der Waals surface area contributed by atoms with Crippen LogP contribution in [-0.2, 0) is 13.6 Å². The van der Waals surface area contributed by atoms with Gasteiger partial charge >= 0.3 is 6.03 Å². The monoisotopic (exact) mass is 383 g/mol. The molecule has 4 aromatic rings. The predicted octanol–water partition coefficient (Wildman–Crippen LogP) is 4.53. The van der Waals surface area contributed by atoms with Gasteiger partial charge in [-0.25, -0.2) is 4.79 Å². The molecule has 2 aromatic carbocycles. The smallest absolute Gasteiger partial charge is 0.326 e. The largest absolute Gasteiger partial charge is 0.333 e. The second kappa shape index (κ2) is 8.39. The maximum atomic E-state index is 13.1. The second-order valence-corrected chi connectivity index (χ2v) is 6.59. The molecule has 1 N–H and O–H groups in total. The van der Waals surface area contributed by atoms with Crippen LogP contribution in [0.15, 0.2) is 91.4 Å². The number of aromatic nitrogens is 3. The second-order valence-electron chi connectivity index (χ2n) is 6.59. The summed E-state index contributed by atoms with van der Waals surface area (Å²) in [6.45, 7) is 0.369. The van der Waals surface area contributed by atoms with E-state index in [1.165, 1.54) is 0 Å². The van der Waals surface area contributed by atoms with Crippen molar-refractivity contribution >= 4 is 17.4 Å². The third kappa shape index (κ3) is 4.16. The van der Waals surface area contributed by atoms with Crippen molar-refractivity contribution in [2.24, 2.45) is 7.05 Å². The van der Waals surface area contributed by atoms with Crippen molar-refractivity contribution in [2.75, 3.05) is 4.90 Å². The van der Waals surface area contributed by atoms with Gasteiger partial charge in [0, 0.05) is 37.7 Å². The van der Waals surface area contributed by atoms with Gasteiger partial charge in [-0.3, -0.25) is 14.6 Å². The van der Waals surface area contributed by atoms with Gasteiger partial charge in [0.15, 0.2) is 0 Å². The summed E-state index contributed by atoms with van der Waals surface area (Å²) >= 11 is 0. The summed E-state index contributed by atoms with van der Waals surface area (Å²) in [7, 11) is 1.89. The molecule has 0 saturated heterocycles. The molecule has 6 heteroatoms. The van der Waals surface area contributed by atoms with Gasteiger partial charge in [0.05, 0.1) is 17.1 Å². The Balaban J connectivity index is 1.54. The van der Waals surface area contributed by atoms with E-state index in [-0.39, 0.29) is 6.03 Å². The van der Waals surface area contributed by atoms with Gasteiger partial charge in [-0.1, -0.05) is 36.4 Å². The van der Waals surface area contributed by atoms with Crippen LogP contribution >= 0.6 is 0 Å². The number of nitrogens with zero attached hydrogens (tertiary/aromatic N) is 4. The zero-order valence-electron chi connectivity index (χ0n) is 16.1. The Kier molecular flexibility index (Phi) is 5.33. The van der Waals surface area contributed by atoms with Crippen LogP contribution in [-0.4, -0.2) is 20.8 Å². The molecule has 2 heterocycles. The van der Waals surface area contributed by atoms with Crippen LogP contribution in [0, 0.1) is 0 Å². The van der Waals surface area contributed by atoms with Crippen molar-refractivity contribution in [1.29, 1.82) is 0 Å². The molecule has 144 valence electrons.